The molecule has 0 bridgehead atoms. The maximum atomic E-state index is 12.7. The van der Waals surface area contributed by atoms with Crippen LogP contribution in [0.3, 0.4) is 0 Å². The number of hydrogen-bond donors (Lipinski definition) is 3. The quantitative estimate of drug-likeness (QED) is 0.525. The number of nitrogens with one attached hydrogen (secondary N) is 2. The normalized spacial score (nSPS) is 13.6. The van der Waals surface area contributed by atoms with E-state index in [4.69, 9.17) is 9.90 Å². The molecule has 3 N–H and O–H groups in total. The van der Waals surface area contributed by atoms with E-state index < -0.39 is 12.1 Å². The fourth-order valence-electron chi connectivity index (χ4n) is 3.44. The molecule has 1 aromatic carbocycles. The number of aryl methyl sites for hydroxylation is 3. The number of imidazole rings is 1. The summed E-state index contributed by atoms with van der Waals surface area (Å²) >= 11 is 0. The van der Waals surface area contributed by atoms with Gasteiger partial charge in [0.2, 0.25) is 5.91 Å². The van der Waals surface area contributed by atoms with Gasteiger partial charge in [-0.1, -0.05) is 6.07 Å². The van der Waals surface area contributed by atoms with E-state index in [9.17, 15) is 18.0 Å². The minimum Gasteiger partial charge on any atom is -0.475 e. The number of halogens is 3. The lowest BCUT2D eigenvalue weighted by atomic mass is 10.1. The van der Waals surface area contributed by atoms with Crippen molar-refractivity contribution in [1.29, 1.82) is 0 Å². The Bertz CT molecular complexity index is 1190. The summed E-state index contributed by atoms with van der Waals surface area (Å²) in [7, 11) is 0. The molecule has 0 atom stereocenters. The molecule has 0 fully saturated rings. The van der Waals surface area contributed by atoms with Gasteiger partial charge >= 0.3 is 12.1 Å². The topological polar surface area (TPSA) is 129 Å². The molecule has 0 saturated carbocycles. The molecule has 1 aliphatic heterocycles. The molecule has 10 nitrogen and oxygen atoms in total. The van der Waals surface area contributed by atoms with E-state index in [-0.39, 0.29) is 5.91 Å². The predicted molar refractivity (Wildman–Crippen MR) is 116 cm³/mol. The second kappa shape index (κ2) is 10.0. The number of carboxylic acids is 1. The highest BCUT2D eigenvalue weighted by Crippen LogP contribution is 2.26. The second-order valence-electron chi connectivity index (χ2n) is 7.80. The summed E-state index contributed by atoms with van der Waals surface area (Å²) in [5, 5.41) is 17.2. The van der Waals surface area contributed by atoms with Gasteiger partial charge < -0.3 is 15.0 Å². The third-order valence-electron chi connectivity index (χ3n) is 5.06. The van der Waals surface area contributed by atoms with Crippen molar-refractivity contribution in [2.45, 2.75) is 40.0 Å². The molecule has 4 rings (SSSR count). The van der Waals surface area contributed by atoms with Gasteiger partial charge in [-0.05, 0) is 38.5 Å². The number of carbonyl (C=O) groups is 2. The Morgan fingerprint density at radius 1 is 1.21 bits per heavy atom. The third-order valence-corrected chi connectivity index (χ3v) is 5.06. The van der Waals surface area contributed by atoms with E-state index >= 15 is 0 Å². The van der Waals surface area contributed by atoms with Crippen molar-refractivity contribution in [3.63, 3.8) is 0 Å². The maximum Gasteiger partial charge on any atom is 0.490 e. The number of carbonyl (C=O) groups excluding carboxylic acids is 1. The summed E-state index contributed by atoms with van der Waals surface area (Å²) < 4.78 is 33.9. The van der Waals surface area contributed by atoms with Crippen LogP contribution in [0, 0.1) is 20.8 Å². The molecular weight excluding hydrogens is 455 g/mol. The summed E-state index contributed by atoms with van der Waals surface area (Å²) in [5.41, 5.74) is 3.76. The number of nitrogens with zero attached hydrogens (tertiary/aromatic N) is 5. The maximum absolute atomic E-state index is 12.7. The van der Waals surface area contributed by atoms with E-state index in [0.717, 1.165) is 53.8 Å². The van der Waals surface area contributed by atoms with Gasteiger partial charge in [-0.3, -0.25) is 14.8 Å². The monoisotopic (exact) mass is 479 g/mol. The zero-order valence-corrected chi connectivity index (χ0v) is 18.8. The zero-order valence-electron chi connectivity index (χ0n) is 18.8. The molecule has 0 radical (unpaired) electrons. The van der Waals surface area contributed by atoms with E-state index in [1.807, 2.05) is 45.2 Å². The molecule has 3 aromatic rings. The van der Waals surface area contributed by atoms with Crippen LogP contribution in [0.4, 0.5) is 18.9 Å². The van der Waals surface area contributed by atoms with Gasteiger partial charge in [-0.15, -0.1) is 0 Å². The van der Waals surface area contributed by atoms with Crippen molar-refractivity contribution >= 4 is 17.6 Å². The Balaban J connectivity index is 0.000000406. The number of aromatic amines is 1. The minimum atomic E-state index is -5.08. The van der Waals surface area contributed by atoms with Crippen LogP contribution < -0.4 is 5.32 Å². The molecule has 2 aromatic heterocycles. The number of hydrogen-bond acceptors (Lipinski definition) is 6. The summed E-state index contributed by atoms with van der Waals surface area (Å²) in [6, 6.07) is 5.88. The van der Waals surface area contributed by atoms with Crippen molar-refractivity contribution in [2.24, 2.45) is 0 Å². The Morgan fingerprint density at radius 2 is 1.91 bits per heavy atom. The van der Waals surface area contributed by atoms with Crippen molar-refractivity contribution in [3.05, 3.63) is 47.3 Å². The van der Waals surface area contributed by atoms with Crippen molar-refractivity contribution < 1.29 is 27.9 Å². The Morgan fingerprint density at radius 3 is 2.53 bits per heavy atom. The van der Waals surface area contributed by atoms with Crippen LogP contribution in [0.5, 0.6) is 0 Å². The molecule has 0 unspecified atom stereocenters. The first-order valence-corrected chi connectivity index (χ1v) is 10.3. The Hall–Kier alpha value is -3.74. The molecule has 3 heterocycles. The van der Waals surface area contributed by atoms with E-state index in [2.05, 4.69) is 34.9 Å². The third kappa shape index (κ3) is 6.19. The highest BCUT2D eigenvalue weighted by Gasteiger charge is 2.38. The summed E-state index contributed by atoms with van der Waals surface area (Å²) in [5.74, 6) is -0.449. The van der Waals surface area contributed by atoms with Gasteiger partial charge in [-0.25, -0.2) is 14.8 Å². The first-order valence-electron chi connectivity index (χ1n) is 10.3. The number of anilines is 1. The largest absolute Gasteiger partial charge is 0.490 e. The lowest BCUT2D eigenvalue weighted by Gasteiger charge is -2.28. The van der Waals surface area contributed by atoms with Gasteiger partial charge in [0.1, 0.15) is 11.6 Å². The average Bonchev–Trinajstić information content (AvgIpc) is 3.33. The molecule has 1 amide bonds. The van der Waals surface area contributed by atoms with Crippen LogP contribution in [-0.2, 0) is 22.7 Å². The molecule has 1 aliphatic rings. The van der Waals surface area contributed by atoms with Crippen molar-refractivity contribution in [2.75, 3.05) is 18.4 Å². The molecular formula is C21H24F3N7O3. The number of benzene rings is 1. The standard InChI is InChI=1S/C19H23N7O.C2HF3O2/c1-12-4-5-16(19-21-13(2)23-24-19)17(8-12)22-18(27)11-25-6-7-26-14(3)20-9-15(26)10-25;3-2(4,5)1(6)7/h4-5,8-9H,6-7,10-11H2,1-3H3,(H,22,27)(H,21,23,24);(H,6,7). The molecule has 13 heteroatoms. The van der Waals surface area contributed by atoms with Gasteiger partial charge in [-0.2, -0.15) is 18.3 Å². The Kier molecular flexibility index (Phi) is 7.35. The van der Waals surface area contributed by atoms with E-state index in [0.29, 0.717) is 12.4 Å². The number of H-pyrrole nitrogens is 1. The number of fused-ring (bicyclic) bond motifs is 1. The molecule has 182 valence electrons. The summed E-state index contributed by atoms with van der Waals surface area (Å²) in [4.78, 5) is 32.4. The van der Waals surface area contributed by atoms with Gasteiger partial charge in [0.05, 0.1) is 17.9 Å². The molecule has 0 aliphatic carbocycles. The fraction of sp³-hybridized carbons (Fsp3) is 0.381. The first-order chi connectivity index (χ1) is 15.9. The van der Waals surface area contributed by atoms with E-state index in [1.165, 1.54) is 0 Å². The van der Waals surface area contributed by atoms with Crippen LogP contribution in [0.25, 0.3) is 11.4 Å². The second-order valence-corrected chi connectivity index (χ2v) is 7.80. The highest BCUT2D eigenvalue weighted by molar-refractivity contribution is 5.96. The fourth-order valence-corrected chi connectivity index (χ4v) is 3.44. The molecule has 0 spiro atoms. The number of aromatic nitrogens is 5. The molecule has 0 saturated heterocycles. The van der Waals surface area contributed by atoms with Gasteiger partial charge in [0.15, 0.2) is 5.82 Å². The summed E-state index contributed by atoms with van der Waals surface area (Å²) in [6.07, 6.45) is -3.19. The lowest BCUT2D eigenvalue weighted by Crippen LogP contribution is -2.39. The van der Waals surface area contributed by atoms with Crippen LogP contribution in [0.15, 0.2) is 24.4 Å². The van der Waals surface area contributed by atoms with Crippen molar-refractivity contribution in [3.8, 4) is 11.4 Å². The van der Waals surface area contributed by atoms with Crippen LogP contribution in [-0.4, -0.2) is 65.9 Å². The number of alkyl halides is 3. The number of amides is 1. The van der Waals surface area contributed by atoms with E-state index in [1.54, 1.807) is 0 Å². The average molecular weight is 479 g/mol. The zero-order chi connectivity index (χ0) is 25.0. The highest BCUT2D eigenvalue weighted by atomic mass is 19.4. The number of carboxylic acid groups (broad SMARTS) is 1. The van der Waals surface area contributed by atoms with Crippen molar-refractivity contribution in [1.82, 2.24) is 29.6 Å². The molecule has 34 heavy (non-hydrogen) atoms. The minimum absolute atomic E-state index is 0.0428. The Labute approximate surface area is 192 Å². The number of aliphatic carboxylic acids is 1. The first kappa shape index (κ1) is 24.9. The predicted octanol–water partition coefficient (Wildman–Crippen LogP) is 2.68. The lowest BCUT2D eigenvalue weighted by molar-refractivity contribution is -0.192. The SMILES string of the molecule is Cc1ccc(-c2n[nH]c(C)n2)c(NC(=O)CN2CCn3c(cnc3C)C2)c1.O=C(O)C(F)(F)F. The van der Waals surface area contributed by atoms with Gasteiger partial charge in [0, 0.05) is 31.4 Å². The van der Waals surface area contributed by atoms with Gasteiger partial charge in [0.25, 0.3) is 0 Å². The van der Waals surface area contributed by atoms with Crippen LogP contribution in [0.1, 0.15) is 22.9 Å². The van der Waals surface area contributed by atoms with Crippen LogP contribution in [0.2, 0.25) is 0 Å². The summed E-state index contributed by atoms with van der Waals surface area (Å²) in [6.45, 7) is 8.62. The van der Waals surface area contributed by atoms with Crippen LogP contribution >= 0.6 is 0 Å². The smallest absolute Gasteiger partial charge is 0.475 e. The number of rotatable bonds is 4.